The van der Waals surface area contributed by atoms with E-state index in [4.69, 9.17) is 12.2 Å². The Morgan fingerprint density at radius 2 is 1.75 bits per heavy atom. The van der Waals surface area contributed by atoms with Crippen molar-refractivity contribution in [1.82, 2.24) is 14.8 Å². The highest BCUT2D eigenvalue weighted by molar-refractivity contribution is 7.71. The molecular formula is C14H19N5S. The highest BCUT2D eigenvalue weighted by Crippen LogP contribution is 2.19. The van der Waals surface area contributed by atoms with Crippen molar-refractivity contribution in [2.75, 3.05) is 36.0 Å². The number of H-pyrrole nitrogens is 1. The number of aromatic nitrogens is 3. The molecule has 106 valence electrons. The molecular weight excluding hydrogens is 270 g/mol. The van der Waals surface area contributed by atoms with Crippen molar-refractivity contribution in [3.05, 3.63) is 35.1 Å². The van der Waals surface area contributed by atoms with Crippen LogP contribution in [-0.2, 0) is 6.54 Å². The molecule has 1 aromatic heterocycles. The molecule has 0 bridgehead atoms. The van der Waals surface area contributed by atoms with Crippen LogP contribution in [-0.4, -0.2) is 40.9 Å². The quantitative estimate of drug-likeness (QED) is 0.880. The smallest absolute Gasteiger partial charge is 0.225 e. The van der Waals surface area contributed by atoms with Crippen LogP contribution in [0.2, 0.25) is 0 Å². The Kier molecular flexibility index (Phi) is 3.73. The van der Waals surface area contributed by atoms with Crippen LogP contribution in [0.5, 0.6) is 0 Å². The zero-order valence-corrected chi connectivity index (χ0v) is 12.4. The van der Waals surface area contributed by atoms with Crippen LogP contribution in [0.1, 0.15) is 6.92 Å². The Bertz CT molecular complexity index is 610. The van der Waals surface area contributed by atoms with E-state index in [1.54, 1.807) is 0 Å². The number of anilines is 2. The van der Waals surface area contributed by atoms with Gasteiger partial charge in [-0.3, -0.25) is 4.57 Å². The van der Waals surface area contributed by atoms with Crippen molar-refractivity contribution in [3.8, 4) is 0 Å². The maximum Gasteiger partial charge on any atom is 0.225 e. The Hall–Kier alpha value is -1.82. The lowest BCUT2D eigenvalue weighted by Crippen LogP contribution is -2.47. The number of benzene rings is 1. The molecule has 1 N–H and O–H groups in total. The number of nitrogens with one attached hydrogen (secondary N) is 1. The molecule has 6 heteroatoms. The first-order valence-corrected chi connectivity index (χ1v) is 7.40. The van der Waals surface area contributed by atoms with E-state index < -0.39 is 0 Å². The first-order chi connectivity index (χ1) is 9.79. The van der Waals surface area contributed by atoms with Crippen LogP contribution in [0.4, 0.5) is 11.6 Å². The van der Waals surface area contributed by atoms with Crippen LogP contribution in [0.25, 0.3) is 0 Å². The van der Waals surface area contributed by atoms with Gasteiger partial charge < -0.3 is 9.80 Å². The second-order valence-electron chi connectivity index (χ2n) is 4.88. The zero-order valence-electron chi connectivity index (χ0n) is 11.6. The molecule has 1 saturated heterocycles. The fourth-order valence-electron chi connectivity index (χ4n) is 2.64. The summed E-state index contributed by atoms with van der Waals surface area (Å²) >= 11 is 5.25. The first-order valence-electron chi connectivity index (χ1n) is 6.99. The fraction of sp³-hybridized carbons (Fsp3) is 0.429. The minimum absolute atomic E-state index is 0.702. The third-order valence-electron chi connectivity index (χ3n) is 3.74. The first kappa shape index (κ1) is 13.2. The topological polar surface area (TPSA) is 40.1 Å². The Morgan fingerprint density at radius 1 is 1.10 bits per heavy atom. The van der Waals surface area contributed by atoms with E-state index in [0.29, 0.717) is 4.77 Å². The molecule has 0 unspecified atom stereocenters. The van der Waals surface area contributed by atoms with E-state index in [-0.39, 0.29) is 0 Å². The zero-order chi connectivity index (χ0) is 13.9. The van der Waals surface area contributed by atoms with Gasteiger partial charge in [-0.25, -0.2) is 5.10 Å². The molecule has 0 saturated carbocycles. The van der Waals surface area contributed by atoms with Gasteiger partial charge in [0.25, 0.3) is 0 Å². The fourth-order valence-corrected chi connectivity index (χ4v) is 2.90. The summed E-state index contributed by atoms with van der Waals surface area (Å²) in [5.41, 5.74) is 1.29. The summed E-state index contributed by atoms with van der Waals surface area (Å²) in [6.45, 7) is 6.89. The Morgan fingerprint density at radius 3 is 2.40 bits per heavy atom. The van der Waals surface area contributed by atoms with E-state index in [1.165, 1.54) is 5.69 Å². The molecule has 0 radical (unpaired) electrons. The molecule has 1 aromatic carbocycles. The highest BCUT2D eigenvalue weighted by Gasteiger charge is 2.20. The molecule has 2 aromatic rings. The second kappa shape index (κ2) is 5.66. The van der Waals surface area contributed by atoms with Gasteiger partial charge in [0.15, 0.2) is 4.77 Å². The molecule has 5 nitrogen and oxygen atoms in total. The van der Waals surface area contributed by atoms with Crippen molar-refractivity contribution in [1.29, 1.82) is 0 Å². The van der Waals surface area contributed by atoms with Gasteiger partial charge in [0.05, 0.1) is 0 Å². The van der Waals surface area contributed by atoms with Crippen LogP contribution in [0, 0.1) is 4.77 Å². The van der Waals surface area contributed by atoms with Crippen LogP contribution in [0.3, 0.4) is 0 Å². The molecule has 0 atom stereocenters. The Balaban J connectivity index is 1.71. The number of hydrogen-bond donors (Lipinski definition) is 1. The minimum Gasteiger partial charge on any atom is -0.368 e. The van der Waals surface area contributed by atoms with E-state index in [1.807, 2.05) is 4.57 Å². The Labute approximate surface area is 123 Å². The van der Waals surface area contributed by atoms with Crippen molar-refractivity contribution in [2.45, 2.75) is 13.5 Å². The van der Waals surface area contributed by atoms with E-state index >= 15 is 0 Å². The maximum absolute atomic E-state index is 5.25. The third-order valence-corrected chi connectivity index (χ3v) is 4.05. The summed E-state index contributed by atoms with van der Waals surface area (Å²) in [6.07, 6.45) is 0. The summed E-state index contributed by atoms with van der Waals surface area (Å²) in [5, 5.41) is 7.25. The monoisotopic (exact) mass is 289 g/mol. The normalized spacial score (nSPS) is 15.7. The molecule has 3 rings (SSSR count). The van der Waals surface area contributed by atoms with Gasteiger partial charge in [-0.1, -0.05) is 18.2 Å². The molecule has 1 aliphatic rings. The number of rotatable bonds is 3. The average molecular weight is 289 g/mol. The SMILES string of the molecule is CCn1c(N2CCN(c3ccccc3)CC2)n[nH]c1=S. The molecule has 1 fully saturated rings. The minimum atomic E-state index is 0.702. The number of nitrogens with zero attached hydrogens (tertiary/aromatic N) is 4. The molecule has 2 heterocycles. The molecule has 1 aliphatic heterocycles. The van der Waals surface area contributed by atoms with Gasteiger partial charge in [-0.2, -0.15) is 0 Å². The highest BCUT2D eigenvalue weighted by atomic mass is 32.1. The standard InChI is InChI=1S/C14H19N5S/c1-2-19-13(15-16-14(19)20)18-10-8-17(9-11-18)12-6-4-3-5-7-12/h3-7H,2,8-11H2,1H3,(H,16,20). The lowest BCUT2D eigenvalue weighted by Gasteiger charge is -2.36. The summed E-state index contributed by atoms with van der Waals surface area (Å²) in [6, 6.07) is 10.6. The number of piperazine rings is 1. The van der Waals surface area contributed by atoms with Gasteiger partial charge in [0.1, 0.15) is 0 Å². The van der Waals surface area contributed by atoms with Gasteiger partial charge >= 0.3 is 0 Å². The third kappa shape index (κ3) is 2.43. The van der Waals surface area contributed by atoms with Crippen molar-refractivity contribution < 1.29 is 0 Å². The lowest BCUT2D eigenvalue weighted by atomic mass is 10.2. The summed E-state index contributed by atoms with van der Waals surface area (Å²) in [4.78, 5) is 4.71. The summed E-state index contributed by atoms with van der Waals surface area (Å²) in [5.74, 6) is 0.963. The van der Waals surface area contributed by atoms with Gasteiger partial charge in [0, 0.05) is 38.4 Å². The number of para-hydroxylation sites is 1. The van der Waals surface area contributed by atoms with Crippen LogP contribution < -0.4 is 9.80 Å². The van der Waals surface area contributed by atoms with Crippen LogP contribution in [0.15, 0.2) is 30.3 Å². The van der Waals surface area contributed by atoms with Crippen molar-refractivity contribution >= 4 is 23.9 Å². The van der Waals surface area contributed by atoms with E-state index in [9.17, 15) is 0 Å². The lowest BCUT2D eigenvalue weighted by molar-refractivity contribution is 0.617. The summed E-state index contributed by atoms with van der Waals surface area (Å²) in [7, 11) is 0. The molecule has 0 amide bonds. The average Bonchev–Trinajstić information content (AvgIpc) is 2.89. The predicted molar refractivity (Wildman–Crippen MR) is 84.0 cm³/mol. The number of hydrogen-bond acceptors (Lipinski definition) is 4. The molecule has 0 aliphatic carbocycles. The van der Waals surface area contributed by atoms with Gasteiger partial charge in [0.2, 0.25) is 5.95 Å². The molecule has 20 heavy (non-hydrogen) atoms. The predicted octanol–water partition coefficient (Wildman–Crippen LogP) is 2.29. The number of aromatic amines is 1. The van der Waals surface area contributed by atoms with Gasteiger partial charge in [-0.05, 0) is 31.3 Å². The van der Waals surface area contributed by atoms with Crippen molar-refractivity contribution in [3.63, 3.8) is 0 Å². The van der Waals surface area contributed by atoms with Crippen molar-refractivity contribution in [2.24, 2.45) is 0 Å². The second-order valence-corrected chi connectivity index (χ2v) is 5.27. The molecule has 0 spiro atoms. The summed E-state index contributed by atoms with van der Waals surface area (Å²) < 4.78 is 2.75. The van der Waals surface area contributed by atoms with E-state index in [2.05, 4.69) is 57.3 Å². The largest absolute Gasteiger partial charge is 0.368 e. The van der Waals surface area contributed by atoms with Crippen LogP contribution >= 0.6 is 12.2 Å². The van der Waals surface area contributed by atoms with Gasteiger partial charge in [-0.15, -0.1) is 5.10 Å². The maximum atomic E-state index is 5.25. The van der Waals surface area contributed by atoms with E-state index in [0.717, 1.165) is 38.7 Å².